The number of hydrogen-bond donors (Lipinski definition) is 1. The highest BCUT2D eigenvalue weighted by Gasteiger charge is 2.04. The Morgan fingerprint density at radius 2 is 2.12 bits per heavy atom. The van der Waals surface area contributed by atoms with E-state index in [-0.39, 0.29) is 0 Å². The number of thiophene rings is 1. The average Bonchev–Trinajstić information content (AvgIpc) is 2.67. The van der Waals surface area contributed by atoms with Gasteiger partial charge < -0.3 is 5.73 Å². The molecule has 0 fully saturated rings. The molecule has 1 aromatic heterocycles. The number of rotatable bonds is 4. The molecule has 0 unspecified atom stereocenters. The third-order valence-electron chi connectivity index (χ3n) is 2.44. The van der Waals surface area contributed by atoms with E-state index < -0.39 is 0 Å². The lowest BCUT2D eigenvalue weighted by molar-refractivity contribution is 0.322. The molecule has 0 spiro atoms. The van der Waals surface area contributed by atoms with E-state index in [0.717, 1.165) is 24.3 Å². The molecule has 0 amide bonds. The quantitative estimate of drug-likeness (QED) is 0.857. The van der Waals surface area contributed by atoms with Gasteiger partial charge in [-0.3, -0.25) is 4.90 Å². The maximum absolute atomic E-state index is 5.98. The number of hydrogen-bond acceptors (Lipinski definition) is 3. The molecule has 2 nitrogen and oxygen atoms in total. The van der Waals surface area contributed by atoms with Crippen molar-refractivity contribution in [3.05, 3.63) is 51.2 Å². The van der Waals surface area contributed by atoms with Gasteiger partial charge in [0.1, 0.15) is 0 Å². The summed E-state index contributed by atoms with van der Waals surface area (Å²) in [6.45, 7) is 1.80. The minimum Gasteiger partial charge on any atom is -0.399 e. The molecule has 4 heteroatoms. The van der Waals surface area contributed by atoms with Crippen molar-refractivity contribution in [2.45, 2.75) is 13.1 Å². The molecule has 90 valence electrons. The second-order valence-electron chi connectivity index (χ2n) is 4.14. The van der Waals surface area contributed by atoms with E-state index in [4.69, 9.17) is 17.3 Å². The Hall–Kier alpha value is -1.03. The minimum absolute atomic E-state index is 0.699. The second kappa shape index (κ2) is 5.54. The lowest BCUT2D eigenvalue weighted by Gasteiger charge is -2.16. The highest BCUT2D eigenvalue weighted by Crippen LogP contribution is 2.19. The van der Waals surface area contributed by atoms with E-state index in [1.165, 1.54) is 4.88 Å². The van der Waals surface area contributed by atoms with Crippen LogP contribution in [-0.2, 0) is 13.1 Å². The van der Waals surface area contributed by atoms with E-state index in [2.05, 4.69) is 29.5 Å². The maximum atomic E-state index is 5.98. The molecular formula is C13H15ClN2S. The first-order valence-electron chi connectivity index (χ1n) is 5.39. The van der Waals surface area contributed by atoms with Gasteiger partial charge in [-0.1, -0.05) is 17.7 Å². The third-order valence-corrected chi connectivity index (χ3v) is 3.52. The summed E-state index contributed by atoms with van der Waals surface area (Å²) in [6, 6.07) is 9.92. The van der Waals surface area contributed by atoms with Gasteiger partial charge in [0.25, 0.3) is 0 Å². The van der Waals surface area contributed by atoms with Crippen LogP contribution in [0.4, 0.5) is 5.69 Å². The van der Waals surface area contributed by atoms with Crippen molar-refractivity contribution in [3.8, 4) is 0 Å². The van der Waals surface area contributed by atoms with Crippen molar-refractivity contribution >= 4 is 28.6 Å². The molecule has 0 atom stereocenters. The van der Waals surface area contributed by atoms with E-state index in [1.54, 1.807) is 17.4 Å². The van der Waals surface area contributed by atoms with Crippen molar-refractivity contribution in [1.82, 2.24) is 4.90 Å². The van der Waals surface area contributed by atoms with Crippen LogP contribution in [-0.4, -0.2) is 11.9 Å². The van der Waals surface area contributed by atoms with Crippen molar-refractivity contribution in [3.63, 3.8) is 0 Å². The fourth-order valence-electron chi connectivity index (χ4n) is 1.80. The molecule has 0 saturated carbocycles. The van der Waals surface area contributed by atoms with E-state index >= 15 is 0 Å². The fraction of sp³-hybridized carbons (Fsp3) is 0.231. The van der Waals surface area contributed by atoms with E-state index in [0.29, 0.717) is 5.02 Å². The van der Waals surface area contributed by atoms with Gasteiger partial charge in [-0.05, 0) is 42.3 Å². The summed E-state index contributed by atoms with van der Waals surface area (Å²) >= 11 is 7.76. The lowest BCUT2D eigenvalue weighted by atomic mass is 10.2. The average molecular weight is 267 g/mol. The summed E-state index contributed by atoms with van der Waals surface area (Å²) in [6.07, 6.45) is 0. The van der Waals surface area contributed by atoms with Crippen molar-refractivity contribution < 1.29 is 0 Å². The predicted molar refractivity (Wildman–Crippen MR) is 75.4 cm³/mol. The molecular weight excluding hydrogens is 252 g/mol. The van der Waals surface area contributed by atoms with Crippen molar-refractivity contribution in [2.24, 2.45) is 0 Å². The summed E-state index contributed by atoms with van der Waals surface area (Å²) in [4.78, 5) is 3.61. The standard InChI is InChI=1S/C13H15ClN2S/c1-16(9-13-3-2-4-17-13)8-10-5-11(14)7-12(15)6-10/h2-7H,8-9,15H2,1H3. The first-order chi connectivity index (χ1) is 8.13. The number of nitrogens with zero attached hydrogens (tertiary/aromatic N) is 1. The molecule has 1 heterocycles. The van der Waals surface area contributed by atoms with Crippen molar-refractivity contribution in [1.29, 1.82) is 0 Å². The molecule has 1 aromatic carbocycles. The molecule has 0 radical (unpaired) electrons. The smallest absolute Gasteiger partial charge is 0.0429 e. The Bertz CT molecular complexity index is 462. The van der Waals surface area contributed by atoms with Gasteiger partial charge in [-0.15, -0.1) is 11.3 Å². The first kappa shape index (κ1) is 12.4. The zero-order chi connectivity index (χ0) is 12.3. The van der Waals surface area contributed by atoms with Crippen LogP contribution < -0.4 is 5.73 Å². The Kier molecular flexibility index (Phi) is 4.05. The molecule has 0 aliphatic rings. The predicted octanol–water partition coefficient (Wildman–Crippen LogP) is 3.62. The zero-order valence-electron chi connectivity index (χ0n) is 9.69. The molecule has 0 aliphatic carbocycles. The van der Waals surface area contributed by atoms with E-state index in [1.807, 2.05) is 12.1 Å². The molecule has 2 rings (SSSR count). The normalized spacial score (nSPS) is 11.0. The van der Waals surface area contributed by atoms with Gasteiger partial charge in [0.2, 0.25) is 0 Å². The summed E-state index contributed by atoms with van der Waals surface area (Å²) < 4.78 is 0. The van der Waals surface area contributed by atoms with Crippen LogP contribution in [0.3, 0.4) is 0 Å². The summed E-state index contributed by atoms with van der Waals surface area (Å²) in [5.74, 6) is 0. The van der Waals surface area contributed by atoms with Crippen LogP contribution in [0.2, 0.25) is 5.02 Å². The number of benzene rings is 1. The fourth-order valence-corrected chi connectivity index (χ4v) is 2.85. The van der Waals surface area contributed by atoms with Crippen LogP contribution in [0, 0.1) is 0 Å². The van der Waals surface area contributed by atoms with Gasteiger partial charge in [0.05, 0.1) is 0 Å². The van der Waals surface area contributed by atoms with Crippen LogP contribution in [0.15, 0.2) is 35.7 Å². The summed E-state index contributed by atoms with van der Waals surface area (Å²) in [5, 5.41) is 2.80. The topological polar surface area (TPSA) is 29.3 Å². The Labute approximate surface area is 111 Å². The third kappa shape index (κ3) is 3.73. The molecule has 0 saturated heterocycles. The number of nitrogen functional groups attached to an aromatic ring is 1. The molecule has 17 heavy (non-hydrogen) atoms. The van der Waals surface area contributed by atoms with Crippen LogP contribution in [0.25, 0.3) is 0 Å². The minimum atomic E-state index is 0.699. The van der Waals surface area contributed by atoms with Gasteiger partial charge in [-0.2, -0.15) is 0 Å². The van der Waals surface area contributed by atoms with Crippen molar-refractivity contribution in [2.75, 3.05) is 12.8 Å². The Morgan fingerprint density at radius 1 is 1.29 bits per heavy atom. The summed E-state index contributed by atoms with van der Waals surface area (Å²) in [5.41, 5.74) is 7.64. The number of anilines is 1. The van der Waals surface area contributed by atoms with Gasteiger partial charge in [0, 0.05) is 28.7 Å². The maximum Gasteiger partial charge on any atom is 0.0429 e. The summed E-state index contributed by atoms with van der Waals surface area (Å²) in [7, 11) is 2.09. The highest BCUT2D eigenvalue weighted by molar-refractivity contribution is 7.09. The highest BCUT2D eigenvalue weighted by atomic mass is 35.5. The van der Waals surface area contributed by atoms with Crippen LogP contribution in [0.1, 0.15) is 10.4 Å². The van der Waals surface area contributed by atoms with Crippen LogP contribution >= 0.6 is 22.9 Å². The monoisotopic (exact) mass is 266 g/mol. The van der Waals surface area contributed by atoms with Gasteiger partial charge in [0.15, 0.2) is 0 Å². The molecule has 2 aromatic rings. The number of halogens is 1. The zero-order valence-corrected chi connectivity index (χ0v) is 11.3. The largest absolute Gasteiger partial charge is 0.399 e. The van der Waals surface area contributed by atoms with Crippen LogP contribution in [0.5, 0.6) is 0 Å². The van der Waals surface area contributed by atoms with Gasteiger partial charge >= 0.3 is 0 Å². The lowest BCUT2D eigenvalue weighted by Crippen LogP contribution is -2.16. The SMILES string of the molecule is CN(Cc1cc(N)cc(Cl)c1)Cc1cccs1. The molecule has 0 bridgehead atoms. The Balaban J connectivity index is 2.00. The first-order valence-corrected chi connectivity index (χ1v) is 6.65. The molecule has 2 N–H and O–H groups in total. The number of nitrogens with two attached hydrogens (primary N) is 1. The van der Waals surface area contributed by atoms with Gasteiger partial charge in [-0.25, -0.2) is 0 Å². The second-order valence-corrected chi connectivity index (χ2v) is 5.61. The molecule has 0 aliphatic heterocycles. The van der Waals surface area contributed by atoms with E-state index in [9.17, 15) is 0 Å². The Morgan fingerprint density at radius 3 is 2.76 bits per heavy atom.